The molecule has 1 aromatic heterocycles. The fraction of sp³-hybridized carbons (Fsp3) is 0.333. The second-order valence-corrected chi connectivity index (χ2v) is 6.78. The molecule has 2 aromatic rings. The van der Waals surface area contributed by atoms with Crippen LogP contribution in [0.3, 0.4) is 0 Å². The van der Waals surface area contributed by atoms with Crippen molar-refractivity contribution in [2.75, 3.05) is 23.7 Å². The fourth-order valence-electron chi connectivity index (χ4n) is 2.62. The van der Waals surface area contributed by atoms with Crippen molar-refractivity contribution < 1.29 is 9.18 Å². The van der Waals surface area contributed by atoms with E-state index in [0.717, 1.165) is 29.4 Å². The molecule has 4 nitrogen and oxygen atoms in total. The minimum Gasteiger partial charge on any atom is -0.357 e. The molecular formula is C18H20FN3OS. The lowest BCUT2D eigenvalue weighted by Crippen LogP contribution is -2.25. The first-order chi connectivity index (χ1) is 11.7. The number of hydrogen-bond acceptors (Lipinski definition) is 4. The third-order valence-electron chi connectivity index (χ3n) is 3.91. The summed E-state index contributed by atoms with van der Waals surface area (Å²) in [4.78, 5) is 19.5. The minimum atomic E-state index is -0.268. The van der Waals surface area contributed by atoms with Gasteiger partial charge in [-0.1, -0.05) is 0 Å². The summed E-state index contributed by atoms with van der Waals surface area (Å²) in [5.41, 5.74) is 1.05. The van der Waals surface area contributed by atoms with E-state index in [-0.39, 0.29) is 11.7 Å². The quantitative estimate of drug-likeness (QED) is 0.817. The molecule has 3 rings (SSSR count). The summed E-state index contributed by atoms with van der Waals surface area (Å²) >= 11 is 1.40. The van der Waals surface area contributed by atoms with E-state index in [1.165, 1.54) is 36.7 Å². The number of benzene rings is 1. The van der Waals surface area contributed by atoms with Crippen LogP contribution < -0.4 is 10.2 Å². The van der Waals surface area contributed by atoms with Crippen LogP contribution in [0.4, 0.5) is 10.2 Å². The molecule has 1 aromatic carbocycles. The second-order valence-electron chi connectivity index (χ2n) is 5.74. The Morgan fingerprint density at radius 1 is 1.21 bits per heavy atom. The molecular weight excluding hydrogens is 325 g/mol. The average Bonchev–Trinajstić information content (AvgIpc) is 3.14. The van der Waals surface area contributed by atoms with E-state index in [2.05, 4.69) is 15.2 Å². The highest BCUT2D eigenvalue weighted by Crippen LogP contribution is 2.19. The zero-order valence-corrected chi connectivity index (χ0v) is 14.2. The number of aromatic nitrogens is 1. The van der Waals surface area contributed by atoms with Crippen molar-refractivity contribution in [3.63, 3.8) is 0 Å². The van der Waals surface area contributed by atoms with E-state index in [4.69, 9.17) is 0 Å². The summed E-state index contributed by atoms with van der Waals surface area (Å²) in [6, 6.07) is 10.1. The van der Waals surface area contributed by atoms with Crippen LogP contribution in [0.1, 0.15) is 18.4 Å². The van der Waals surface area contributed by atoms with Gasteiger partial charge in [-0.25, -0.2) is 9.37 Å². The number of pyridine rings is 1. The van der Waals surface area contributed by atoms with Crippen LogP contribution in [0.2, 0.25) is 0 Å². The molecule has 0 aliphatic carbocycles. The number of carbonyl (C=O) groups excluding carboxylic acids is 1. The van der Waals surface area contributed by atoms with Gasteiger partial charge in [-0.3, -0.25) is 4.79 Å². The first-order valence-corrected chi connectivity index (χ1v) is 9.04. The molecule has 1 fully saturated rings. The van der Waals surface area contributed by atoms with Crippen molar-refractivity contribution in [2.24, 2.45) is 0 Å². The van der Waals surface area contributed by atoms with E-state index in [1.807, 2.05) is 12.1 Å². The lowest BCUT2D eigenvalue weighted by Gasteiger charge is -2.17. The van der Waals surface area contributed by atoms with E-state index in [1.54, 1.807) is 18.3 Å². The molecule has 0 saturated carbocycles. The van der Waals surface area contributed by atoms with Gasteiger partial charge >= 0.3 is 0 Å². The lowest BCUT2D eigenvalue weighted by atomic mass is 10.2. The van der Waals surface area contributed by atoms with Crippen molar-refractivity contribution in [1.29, 1.82) is 0 Å². The number of amides is 1. The van der Waals surface area contributed by atoms with Crippen molar-refractivity contribution in [2.45, 2.75) is 24.3 Å². The van der Waals surface area contributed by atoms with Crippen molar-refractivity contribution in [1.82, 2.24) is 10.3 Å². The second kappa shape index (κ2) is 8.15. The largest absolute Gasteiger partial charge is 0.357 e. The van der Waals surface area contributed by atoms with Crippen LogP contribution >= 0.6 is 11.8 Å². The topological polar surface area (TPSA) is 45.2 Å². The van der Waals surface area contributed by atoms with E-state index in [9.17, 15) is 9.18 Å². The van der Waals surface area contributed by atoms with Gasteiger partial charge in [0, 0.05) is 30.7 Å². The minimum absolute atomic E-state index is 0.0381. The molecule has 1 aliphatic rings. The SMILES string of the molecule is O=C(CSc1ccc(F)cc1)NCc1ccnc(N2CCCC2)c1. The Kier molecular flexibility index (Phi) is 5.69. The smallest absolute Gasteiger partial charge is 0.230 e. The number of nitrogens with one attached hydrogen (secondary N) is 1. The summed E-state index contributed by atoms with van der Waals surface area (Å²) in [6.07, 6.45) is 4.22. The molecule has 0 bridgehead atoms. The number of anilines is 1. The van der Waals surface area contributed by atoms with Gasteiger partial charge in [-0.15, -0.1) is 11.8 Å². The van der Waals surface area contributed by atoms with Gasteiger partial charge in [0.2, 0.25) is 5.91 Å². The summed E-state index contributed by atoms with van der Waals surface area (Å²) in [6.45, 7) is 2.60. The summed E-state index contributed by atoms with van der Waals surface area (Å²) in [5.74, 6) is 0.995. The molecule has 1 saturated heterocycles. The Hall–Kier alpha value is -2.08. The van der Waals surface area contributed by atoms with Crippen LogP contribution in [0, 0.1) is 5.82 Å². The van der Waals surface area contributed by atoms with Crippen molar-refractivity contribution in [3.8, 4) is 0 Å². The van der Waals surface area contributed by atoms with Crippen molar-refractivity contribution in [3.05, 3.63) is 54.0 Å². The van der Waals surface area contributed by atoms with Gasteiger partial charge in [0.15, 0.2) is 0 Å². The molecule has 126 valence electrons. The van der Waals surface area contributed by atoms with Gasteiger partial charge in [0.05, 0.1) is 5.75 Å². The maximum absolute atomic E-state index is 12.8. The van der Waals surface area contributed by atoms with Crippen LogP contribution in [-0.2, 0) is 11.3 Å². The van der Waals surface area contributed by atoms with Crippen LogP contribution in [-0.4, -0.2) is 29.7 Å². The molecule has 24 heavy (non-hydrogen) atoms. The Morgan fingerprint density at radius 2 is 1.96 bits per heavy atom. The average molecular weight is 345 g/mol. The summed E-state index contributed by atoms with van der Waals surface area (Å²) in [5, 5.41) is 2.92. The Morgan fingerprint density at radius 3 is 2.71 bits per heavy atom. The van der Waals surface area contributed by atoms with E-state index in [0.29, 0.717) is 12.3 Å². The van der Waals surface area contributed by atoms with Gasteiger partial charge in [-0.2, -0.15) is 0 Å². The highest BCUT2D eigenvalue weighted by molar-refractivity contribution is 8.00. The fourth-order valence-corrected chi connectivity index (χ4v) is 3.35. The summed E-state index contributed by atoms with van der Waals surface area (Å²) in [7, 11) is 0. The molecule has 6 heteroatoms. The van der Waals surface area contributed by atoms with Gasteiger partial charge in [-0.05, 0) is 54.8 Å². The molecule has 1 N–H and O–H groups in total. The third-order valence-corrected chi connectivity index (χ3v) is 4.93. The standard InChI is InChI=1S/C18H20FN3OS/c19-15-3-5-16(6-4-15)24-13-18(23)21-12-14-7-8-20-17(11-14)22-9-1-2-10-22/h3-8,11H,1-2,9-10,12-13H2,(H,21,23). The lowest BCUT2D eigenvalue weighted by molar-refractivity contribution is -0.118. The monoisotopic (exact) mass is 345 g/mol. The molecule has 0 unspecified atom stereocenters. The van der Waals surface area contributed by atoms with Crippen molar-refractivity contribution >= 4 is 23.5 Å². The Balaban J connectivity index is 1.47. The zero-order chi connectivity index (χ0) is 16.8. The number of hydrogen-bond donors (Lipinski definition) is 1. The number of nitrogens with zero attached hydrogens (tertiary/aromatic N) is 2. The molecule has 0 radical (unpaired) electrons. The predicted octanol–water partition coefficient (Wildman–Crippen LogP) is 3.23. The maximum atomic E-state index is 12.8. The molecule has 2 heterocycles. The number of halogens is 1. The molecule has 1 aliphatic heterocycles. The Labute approximate surface area is 145 Å². The predicted molar refractivity (Wildman–Crippen MR) is 94.7 cm³/mol. The van der Waals surface area contributed by atoms with Gasteiger partial charge in [0.1, 0.15) is 11.6 Å². The number of thioether (sulfide) groups is 1. The normalized spacial score (nSPS) is 14.0. The van der Waals surface area contributed by atoms with E-state index >= 15 is 0 Å². The maximum Gasteiger partial charge on any atom is 0.230 e. The highest BCUT2D eigenvalue weighted by Gasteiger charge is 2.13. The van der Waals surface area contributed by atoms with Gasteiger partial charge in [0.25, 0.3) is 0 Å². The number of rotatable bonds is 6. The van der Waals surface area contributed by atoms with Crippen LogP contribution in [0.5, 0.6) is 0 Å². The number of carbonyl (C=O) groups is 1. The zero-order valence-electron chi connectivity index (χ0n) is 13.4. The summed E-state index contributed by atoms with van der Waals surface area (Å²) < 4.78 is 12.8. The van der Waals surface area contributed by atoms with E-state index < -0.39 is 0 Å². The molecule has 0 atom stereocenters. The third kappa shape index (κ3) is 4.71. The first kappa shape index (κ1) is 16.8. The van der Waals surface area contributed by atoms with Crippen LogP contribution in [0.15, 0.2) is 47.5 Å². The van der Waals surface area contributed by atoms with Crippen LogP contribution in [0.25, 0.3) is 0 Å². The first-order valence-electron chi connectivity index (χ1n) is 8.06. The Bertz CT molecular complexity index is 687. The highest BCUT2D eigenvalue weighted by atomic mass is 32.2. The van der Waals surface area contributed by atoms with Gasteiger partial charge < -0.3 is 10.2 Å². The molecule has 0 spiro atoms. The molecule has 1 amide bonds.